The highest BCUT2D eigenvalue weighted by molar-refractivity contribution is 5.23. The van der Waals surface area contributed by atoms with Crippen LogP contribution in [-0.4, -0.2) is 50.2 Å². The maximum absolute atomic E-state index is 5.52. The van der Waals surface area contributed by atoms with Crippen molar-refractivity contribution in [3.05, 3.63) is 36.3 Å². The number of imidazole rings is 1. The van der Waals surface area contributed by atoms with Gasteiger partial charge in [0.25, 0.3) is 0 Å². The van der Waals surface area contributed by atoms with Gasteiger partial charge in [0.15, 0.2) is 5.82 Å². The van der Waals surface area contributed by atoms with Crippen LogP contribution < -0.4 is 0 Å². The molecule has 0 saturated carbocycles. The lowest BCUT2D eigenvalue weighted by Crippen LogP contribution is -2.39. The first-order valence-corrected chi connectivity index (χ1v) is 8.48. The van der Waals surface area contributed by atoms with E-state index in [0.29, 0.717) is 12.1 Å². The van der Waals surface area contributed by atoms with Crippen molar-refractivity contribution in [2.75, 3.05) is 19.8 Å². The fraction of sp³-hybridized carbons (Fsp3) is 0.588. The Morgan fingerprint density at radius 3 is 2.83 bits per heavy atom. The van der Waals surface area contributed by atoms with Crippen molar-refractivity contribution in [2.45, 2.75) is 44.7 Å². The molecule has 1 unspecified atom stereocenters. The number of ether oxygens (including phenoxy) is 1. The Kier molecular flexibility index (Phi) is 4.10. The molecule has 4 heterocycles. The number of rotatable bonds is 3. The van der Waals surface area contributed by atoms with Crippen molar-refractivity contribution in [3.63, 3.8) is 0 Å². The van der Waals surface area contributed by atoms with Gasteiger partial charge in [-0.05, 0) is 39.2 Å². The highest BCUT2D eigenvalue weighted by Crippen LogP contribution is 2.35. The van der Waals surface area contributed by atoms with Crippen LogP contribution in [0.5, 0.6) is 0 Å². The van der Waals surface area contributed by atoms with E-state index in [1.807, 2.05) is 30.1 Å². The van der Waals surface area contributed by atoms with Gasteiger partial charge >= 0.3 is 0 Å². The molecule has 0 aliphatic carbocycles. The van der Waals surface area contributed by atoms with Crippen molar-refractivity contribution in [1.29, 1.82) is 0 Å². The third-order valence-electron chi connectivity index (χ3n) is 5.01. The van der Waals surface area contributed by atoms with Crippen LogP contribution in [0.1, 0.15) is 43.2 Å². The Morgan fingerprint density at radius 2 is 2.04 bits per heavy atom. The first-order valence-electron chi connectivity index (χ1n) is 8.48. The van der Waals surface area contributed by atoms with E-state index in [4.69, 9.17) is 9.72 Å². The zero-order chi connectivity index (χ0) is 15.6. The molecule has 0 radical (unpaired) electrons. The second kappa shape index (κ2) is 6.37. The Labute approximate surface area is 136 Å². The number of aromatic nitrogens is 4. The average Bonchev–Trinajstić information content (AvgIpc) is 3.25. The SMILES string of the molecule is Cc1nccn1-c1cncc(C2CCCN2C2CCOCC2)n1. The molecule has 122 valence electrons. The van der Waals surface area contributed by atoms with Gasteiger partial charge in [-0.15, -0.1) is 0 Å². The number of hydrogen-bond acceptors (Lipinski definition) is 5. The molecule has 0 N–H and O–H groups in total. The molecule has 0 spiro atoms. The normalized spacial score (nSPS) is 23.4. The van der Waals surface area contributed by atoms with E-state index in [0.717, 1.165) is 49.9 Å². The maximum atomic E-state index is 5.52. The summed E-state index contributed by atoms with van der Waals surface area (Å²) in [5.74, 6) is 1.79. The predicted molar refractivity (Wildman–Crippen MR) is 86.4 cm³/mol. The quantitative estimate of drug-likeness (QED) is 0.870. The molecule has 2 aliphatic heterocycles. The average molecular weight is 313 g/mol. The molecule has 23 heavy (non-hydrogen) atoms. The molecule has 2 saturated heterocycles. The summed E-state index contributed by atoms with van der Waals surface area (Å²) in [6, 6.07) is 1.01. The molecule has 0 amide bonds. The van der Waals surface area contributed by atoms with Gasteiger partial charge in [-0.1, -0.05) is 0 Å². The molecule has 2 fully saturated rings. The molecule has 2 aromatic rings. The topological polar surface area (TPSA) is 56.1 Å². The summed E-state index contributed by atoms with van der Waals surface area (Å²) in [6.45, 7) is 4.91. The highest BCUT2D eigenvalue weighted by atomic mass is 16.5. The summed E-state index contributed by atoms with van der Waals surface area (Å²) in [4.78, 5) is 16.2. The molecule has 6 heteroatoms. The van der Waals surface area contributed by atoms with Crippen LogP contribution in [0.4, 0.5) is 0 Å². The monoisotopic (exact) mass is 313 g/mol. The van der Waals surface area contributed by atoms with Crippen molar-refractivity contribution >= 4 is 0 Å². The molecule has 6 nitrogen and oxygen atoms in total. The molecular weight excluding hydrogens is 290 g/mol. The number of aryl methyl sites for hydroxylation is 1. The van der Waals surface area contributed by atoms with Crippen LogP contribution in [0.15, 0.2) is 24.8 Å². The molecule has 1 atom stereocenters. The van der Waals surface area contributed by atoms with Gasteiger partial charge < -0.3 is 4.74 Å². The standard InChI is InChI=1S/C17H23N5O/c1-13-19-6-8-21(13)17-12-18-11-15(20-17)16-3-2-7-22(16)14-4-9-23-10-5-14/h6,8,11-12,14,16H,2-5,7,9-10H2,1H3. The van der Waals surface area contributed by atoms with Crippen molar-refractivity contribution in [2.24, 2.45) is 0 Å². The van der Waals surface area contributed by atoms with Crippen molar-refractivity contribution in [1.82, 2.24) is 24.4 Å². The highest BCUT2D eigenvalue weighted by Gasteiger charge is 2.33. The molecule has 2 aliphatic rings. The van der Waals surface area contributed by atoms with E-state index in [1.54, 1.807) is 6.20 Å². The van der Waals surface area contributed by atoms with E-state index in [9.17, 15) is 0 Å². The summed E-state index contributed by atoms with van der Waals surface area (Å²) >= 11 is 0. The van der Waals surface area contributed by atoms with Gasteiger partial charge in [0.2, 0.25) is 0 Å². The third-order valence-corrected chi connectivity index (χ3v) is 5.01. The zero-order valence-electron chi connectivity index (χ0n) is 13.6. The largest absolute Gasteiger partial charge is 0.381 e. The lowest BCUT2D eigenvalue weighted by atomic mass is 10.0. The minimum atomic E-state index is 0.384. The van der Waals surface area contributed by atoms with Crippen LogP contribution in [0.2, 0.25) is 0 Å². The third kappa shape index (κ3) is 2.88. The summed E-state index contributed by atoms with van der Waals surface area (Å²) in [7, 11) is 0. The van der Waals surface area contributed by atoms with Gasteiger partial charge in [0.1, 0.15) is 5.82 Å². The summed E-state index contributed by atoms with van der Waals surface area (Å²) in [5, 5.41) is 0. The van der Waals surface area contributed by atoms with Crippen molar-refractivity contribution < 1.29 is 4.74 Å². The van der Waals surface area contributed by atoms with Crippen LogP contribution in [0.3, 0.4) is 0 Å². The fourth-order valence-electron chi connectivity index (χ4n) is 3.83. The van der Waals surface area contributed by atoms with Crippen LogP contribution >= 0.6 is 0 Å². The van der Waals surface area contributed by atoms with E-state index in [-0.39, 0.29) is 0 Å². The van der Waals surface area contributed by atoms with Gasteiger partial charge in [-0.25, -0.2) is 9.97 Å². The van der Waals surface area contributed by atoms with Crippen molar-refractivity contribution in [3.8, 4) is 5.82 Å². The van der Waals surface area contributed by atoms with E-state index >= 15 is 0 Å². The minimum absolute atomic E-state index is 0.384. The molecule has 2 aromatic heterocycles. The summed E-state index contributed by atoms with van der Waals surface area (Å²) in [6.07, 6.45) is 12.1. The van der Waals surface area contributed by atoms with Crippen LogP contribution in [0.25, 0.3) is 5.82 Å². The lowest BCUT2D eigenvalue weighted by molar-refractivity contribution is 0.0284. The Morgan fingerprint density at radius 1 is 1.17 bits per heavy atom. The van der Waals surface area contributed by atoms with E-state index in [2.05, 4.69) is 14.9 Å². The summed E-state index contributed by atoms with van der Waals surface area (Å²) < 4.78 is 7.51. The van der Waals surface area contributed by atoms with Crippen LogP contribution in [0, 0.1) is 6.92 Å². The van der Waals surface area contributed by atoms with E-state index < -0.39 is 0 Å². The smallest absolute Gasteiger partial charge is 0.156 e. The first kappa shape index (κ1) is 14.8. The fourth-order valence-corrected chi connectivity index (χ4v) is 3.83. The maximum Gasteiger partial charge on any atom is 0.156 e. The molecule has 4 rings (SSSR count). The van der Waals surface area contributed by atoms with Gasteiger partial charge in [-0.2, -0.15) is 0 Å². The predicted octanol–water partition coefficient (Wildman–Crippen LogP) is 2.29. The van der Waals surface area contributed by atoms with Gasteiger partial charge in [0.05, 0.1) is 24.1 Å². The Bertz CT molecular complexity index is 665. The summed E-state index contributed by atoms with van der Waals surface area (Å²) in [5.41, 5.74) is 1.08. The minimum Gasteiger partial charge on any atom is -0.381 e. The first-order chi connectivity index (χ1) is 11.3. The molecule has 0 bridgehead atoms. The lowest BCUT2D eigenvalue weighted by Gasteiger charge is -2.35. The Hall–Kier alpha value is -1.79. The Balaban J connectivity index is 1.60. The molecule has 0 aromatic carbocycles. The number of likely N-dealkylation sites (tertiary alicyclic amines) is 1. The van der Waals surface area contributed by atoms with Crippen LogP contribution in [-0.2, 0) is 4.74 Å². The van der Waals surface area contributed by atoms with E-state index in [1.165, 1.54) is 12.8 Å². The van der Waals surface area contributed by atoms with Gasteiger partial charge in [0, 0.05) is 31.6 Å². The second-order valence-electron chi connectivity index (χ2n) is 6.39. The number of nitrogens with zero attached hydrogens (tertiary/aromatic N) is 5. The number of hydrogen-bond donors (Lipinski definition) is 0. The molecular formula is C17H23N5O. The second-order valence-corrected chi connectivity index (χ2v) is 6.39. The zero-order valence-corrected chi connectivity index (χ0v) is 13.6. The van der Waals surface area contributed by atoms with Gasteiger partial charge in [-0.3, -0.25) is 14.5 Å².